The third-order valence-electron chi connectivity index (χ3n) is 3.26. The fourth-order valence-electron chi connectivity index (χ4n) is 2.25. The summed E-state index contributed by atoms with van der Waals surface area (Å²) in [7, 11) is 0. The zero-order valence-corrected chi connectivity index (χ0v) is 10.3. The molecule has 1 aliphatic rings. The number of benzene rings is 1. The fraction of sp³-hybridized carbons (Fsp3) is 0.0769. The maximum Gasteiger partial charge on any atom is 0.314 e. The van der Waals surface area contributed by atoms with E-state index in [1.54, 1.807) is 0 Å². The summed E-state index contributed by atoms with van der Waals surface area (Å²) >= 11 is 1.47. The first kappa shape index (κ1) is 10.4. The van der Waals surface area contributed by atoms with Crippen molar-refractivity contribution in [3.8, 4) is 12.1 Å². The highest BCUT2D eigenvalue weighted by Gasteiger charge is 2.58. The molecule has 1 unspecified atom stereocenters. The minimum absolute atomic E-state index is 0.308. The van der Waals surface area contributed by atoms with Gasteiger partial charge in [0, 0.05) is 11.8 Å². The van der Waals surface area contributed by atoms with Crippen LogP contribution in [0.25, 0.3) is 10.2 Å². The van der Waals surface area contributed by atoms with Gasteiger partial charge in [0.15, 0.2) is 5.41 Å². The van der Waals surface area contributed by atoms with E-state index in [0.29, 0.717) is 10.7 Å². The van der Waals surface area contributed by atoms with Gasteiger partial charge in [-0.1, -0.05) is 12.1 Å². The van der Waals surface area contributed by atoms with Crippen molar-refractivity contribution in [3.05, 3.63) is 46.7 Å². The number of rotatable bonds is 1. The number of para-hydroxylation sites is 1. The summed E-state index contributed by atoms with van der Waals surface area (Å²) in [5.74, 6) is 0. The maximum absolute atomic E-state index is 9.51. The second kappa shape index (κ2) is 3.28. The van der Waals surface area contributed by atoms with Crippen LogP contribution in [0.1, 0.15) is 16.3 Å². The minimum atomic E-state index is -0.919. The van der Waals surface area contributed by atoms with E-state index in [2.05, 4.69) is 21.0 Å². The third-order valence-corrected chi connectivity index (χ3v) is 4.41. The molecule has 2 aromatic heterocycles. The minimum Gasteiger partial charge on any atom is -0.479 e. The van der Waals surface area contributed by atoms with Crippen molar-refractivity contribution in [2.75, 3.05) is 0 Å². The second-order valence-corrected chi connectivity index (χ2v) is 5.31. The van der Waals surface area contributed by atoms with Crippen LogP contribution in [0.4, 0.5) is 0 Å². The van der Waals surface area contributed by atoms with Crippen molar-refractivity contribution in [1.29, 1.82) is 5.26 Å². The molecule has 0 fully saturated rings. The topological polar surface area (TPSA) is 82.7 Å². The van der Waals surface area contributed by atoms with Crippen LogP contribution in [0.3, 0.4) is 0 Å². The summed E-state index contributed by atoms with van der Waals surface area (Å²) < 4.78 is 1.03. The first-order valence-corrected chi connectivity index (χ1v) is 6.41. The number of nitriles is 1. The molecule has 3 aromatic rings. The largest absolute Gasteiger partial charge is 0.479 e. The molecule has 19 heavy (non-hydrogen) atoms. The Kier molecular flexibility index (Phi) is 1.79. The van der Waals surface area contributed by atoms with Gasteiger partial charge < -0.3 is 5.11 Å². The molecule has 0 bridgehead atoms. The highest BCUT2D eigenvalue weighted by atomic mass is 32.1. The molecule has 1 aromatic carbocycles. The summed E-state index contributed by atoms with van der Waals surface area (Å²) in [4.78, 5) is 12.2. The van der Waals surface area contributed by atoms with Crippen molar-refractivity contribution < 1.29 is 5.11 Å². The van der Waals surface area contributed by atoms with Gasteiger partial charge in [-0.25, -0.2) is 9.97 Å². The van der Waals surface area contributed by atoms with E-state index < -0.39 is 5.41 Å². The molecular formula is C13H6N4OS. The molecule has 0 saturated heterocycles. The molecule has 5 nitrogen and oxygen atoms in total. The van der Waals surface area contributed by atoms with E-state index in [1.165, 1.54) is 17.5 Å². The van der Waals surface area contributed by atoms with Crippen molar-refractivity contribution >= 4 is 21.6 Å². The average molecular weight is 266 g/mol. The van der Waals surface area contributed by atoms with Crippen molar-refractivity contribution in [3.63, 3.8) is 0 Å². The summed E-state index contributed by atoms with van der Waals surface area (Å²) in [6.07, 6.45) is 1.49. The van der Waals surface area contributed by atoms with Crippen molar-refractivity contribution in [2.45, 2.75) is 5.41 Å². The highest BCUT2D eigenvalue weighted by Crippen LogP contribution is 2.54. The highest BCUT2D eigenvalue weighted by molar-refractivity contribution is 7.18. The van der Waals surface area contributed by atoms with E-state index in [1.807, 2.05) is 24.3 Å². The Bertz CT molecular complexity index is 833. The van der Waals surface area contributed by atoms with Crippen LogP contribution in [0.2, 0.25) is 0 Å². The maximum atomic E-state index is 9.51. The summed E-state index contributed by atoms with van der Waals surface area (Å²) in [6, 6.07) is 9.68. The number of aromatic hydroxyl groups is 1. The van der Waals surface area contributed by atoms with Gasteiger partial charge >= 0.3 is 6.01 Å². The first-order valence-electron chi connectivity index (χ1n) is 5.60. The van der Waals surface area contributed by atoms with Crippen molar-refractivity contribution in [1.82, 2.24) is 15.0 Å². The monoisotopic (exact) mass is 266 g/mol. The number of fused-ring (bicyclic) bond motifs is 2. The lowest BCUT2D eigenvalue weighted by Crippen LogP contribution is -2.06. The van der Waals surface area contributed by atoms with E-state index in [4.69, 9.17) is 0 Å². The molecule has 0 spiro atoms. The Hall–Kier alpha value is -2.52. The van der Waals surface area contributed by atoms with Crippen LogP contribution in [0.15, 0.2) is 30.5 Å². The normalized spacial score (nSPS) is 19.9. The van der Waals surface area contributed by atoms with Gasteiger partial charge in [-0.2, -0.15) is 10.2 Å². The van der Waals surface area contributed by atoms with Crippen LogP contribution in [0, 0.1) is 11.3 Å². The smallest absolute Gasteiger partial charge is 0.314 e. The summed E-state index contributed by atoms with van der Waals surface area (Å²) in [6.45, 7) is 0. The molecule has 4 rings (SSSR count). The summed E-state index contributed by atoms with van der Waals surface area (Å²) in [5, 5.41) is 19.5. The predicted octanol–water partition coefficient (Wildman–Crippen LogP) is 1.96. The van der Waals surface area contributed by atoms with Crippen LogP contribution >= 0.6 is 11.3 Å². The van der Waals surface area contributed by atoms with Gasteiger partial charge in [-0.05, 0) is 12.1 Å². The zero-order chi connectivity index (χ0) is 13.0. The fourth-order valence-corrected chi connectivity index (χ4v) is 3.37. The molecule has 1 N–H and O–H groups in total. The molecule has 2 heterocycles. The number of hydrogen-bond donors (Lipinski definition) is 1. The Labute approximate surface area is 111 Å². The Morgan fingerprint density at radius 3 is 2.84 bits per heavy atom. The molecule has 90 valence electrons. The molecule has 0 radical (unpaired) electrons. The number of aromatic nitrogens is 3. The van der Waals surface area contributed by atoms with E-state index in [-0.39, 0.29) is 6.01 Å². The molecule has 0 amide bonds. The first-order chi connectivity index (χ1) is 9.25. The molecule has 6 heteroatoms. The van der Waals surface area contributed by atoms with Crippen LogP contribution < -0.4 is 0 Å². The summed E-state index contributed by atoms with van der Waals surface area (Å²) in [5.41, 5.74) is 1.23. The van der Waals surface area contributed by atoms with Crippen LogP contribution in [-0.2, 0) is 5.41 Å². The van der Waals surface area contributed by atoms with Gasteiger partial charge in [0.2, 0.25) is 0 Å². The second-order valence-electron chi connectivity index (χ2n) is 4.28. The number of thiazole rings is 1. The Morgan fingerprint density at radius 2 is 2.11 bits per heavy atom. The predicted molar refractivity (Wildman–Crippen MR) is 68.8 cm³/mol. The standard InChI is InChI=1S/C13H6N4OS/c14-6-13(7-5-15-12(18)17-10(7)13)11-16-8-3-1-2-4-9(8)19-11/h1-5H,(H,15,17,18). The SMILES string of the molecule is N#CC1(c2nc3ccccc3s2)c2cnc(O)nc21. The molecule has 0 aliphatic heterocycles. The van der Waals surface area contributed by atoms with Gasteiger partial charge in [0.1, 0.15) is 5.01 Å². The zero-order valence-electron chi connectivity index (χ0n) is 9.53. The molecule has 0 saturated carbocycles. The average Bonchev–Trinajstić information content (AvgIpc) is 2.86. The lowest BCUT2D eigenvalue weighted by atomic mass is 10.1. The number of nitrogens with zero attached hydrogens (tertiary/aromatic N) is 4. The van der Waals surface area contributed by atoms with E-state index in [0.717, 1.165) is 15.8 Å². The van der Waals surface area contributed by atoms with Crippen LogP contribution in [-0.4, -0.2) is 20.1 Å². The Morgan fingerprint density at radius 1 is 1.26 bits per heavy atom. The van der Waals surface area contributed by atoms with E-state index in [9.17, 15) is 10.4 Å². The van der Waals surface area contributed by atoms with Gasteiger partial charge in [0.05, 0.1) is 22.0 Å². The molecule has 1 atom stereocenters. The quantitative estimate of drug-likeness (QED) is 0.728. The van der Waals surface area contributed by atoms with Gasteiger partial charge in [0.25, 0.3) is 0 Å². The van der Waals surface area contributed by atoms with Crippen LogP contribution in [0.5, 0.6) is 6.01 Å². The van der Waals surface area contributed by atoms with Gasteiger partial charge in [-0.15, -0.1) is 11.3 Å². The lowest BCUT2D eigenvalue weighted by molar-refractivity contribution is 0.430. The Balaban J connectivity index is 1.95. The number of hydrogen-bond acceptors (Lipinski definition) is 6. The molecular weight excluding hydrogens is 260 g/mol. The van der Waals surface area contributed by atoms with Gasteiger partial charge in [-0.3, -0.25) is 0 Å². The third kappa shape index (κ3) is 1.20. The molecule has 1 aliphatic carbocycles. The van der Waals surface area contributed by atoms with E-state index >= 15 is 0 Å². The van der Waals surface area contributed by atoms with Crippen molar-refractivity contribution in [2.24, 2.45) is 0 Å². The lowest BCUT2D eigenvalue weighted by Gasteiger charge is -1.98.